The zero-order valence-corrected chi connectivity index (χ0v) is 13.4. The maximum atomic E-state index is 3.53. The molecule has 0 aromatic heterocycles. The van der Waals surface area contributed by atoms with Crippen molar-refractivity contribution in [3.63, 3.8) is 0 Å². The van der Waals surface area contributed by atoms with Crippen LogP contribution in [0.3, 0.4) is 0 Å². The fourth-order valence-corrected chi connectivity index (χ4v) is 2.32. The normalized spacial score (nSPS) is 10.9. The molecule has 1 rings (SSSR count). The van der Waals surface area contributed by atoms with Crippen molar-refractivity contribution in [1.82, 2.24) is 10.6 Å². The van der Waals surface area contributed by atoms with Crippen molar-refractivity contribution in [3.8, 4) is 0 Å². The lowest BCUT2D eigenvalue weighted by Crippen LogP contribution is -2.16. The van der Waals surface area contributed by atoms with Crippen molar-refractivity contribution >= 4 is 0 Å². The van der Waals surface area contributed by atoms with E-state index in [0.717, 1.165) is 26.2 Å². The maximum Gasteiger partial charge on any atom is 0.0205 e. The molecule has 20 heavy (non-hydrogen) atoms. The Balaban J connectivity index is 2.19. The minimum absolute atomic E-state index is 0.993. The minimum atomic E-state index is 0.993. The number of rotatable bonds is 12. The summed E-state index contributed by atoms with van der Waals surface area (Å²) in [5, 5.41) is 7.05. The van der Waals surface area contributed by atoms with Crippen LogP contribution in [-0.2, 0) is 13.1 Å². The van der Waals surface area contributed by atoms with Crippen molar-refractivity contribution in [2.45, 2.75) is 65.5 Å². The molecule has 0 saturated heterocycles. The van der Waals surface area contributed by atoms with Crippen LogP contribution in [0.5, 0.6) is 0 Å². The van der Waals surface area contributed by atoms with Crippen molar-refractivity contribution in [2.75, 3.05) is 13.1 Å². The SMILES string of the molecule is CCCCCNCc1cccc(CNCCCCC)c1. The Morgan fingerprint density at radius 3 is 1.70 bits per heavy atom. The largest absolute Gasteiger partial charge is 0.313 e. The second kappa shape index (κ2) is 11.9. The second-order valence-corrected chi connectivity index (χ2v) is 5.59. The van der Waals surface area contributed by atoms with Gasteiger partial charge < -0.3 is 10.6 Å². The van der Waals surface area contributed by atoms with Crippen LogP contribution < -0.4 is 10.6 Å². The Bertz CT molecular complexity index is 307. The van der Waals surface area contributed by atoms with Crippen LogP contribution in [0.1, 0.15) is 63.5 Å². The van der Waals surface area contributed by atoms with Gasteiger partial charge in [-0.25, -0.2) is 0 Å². The van der Waals surface area contributed by atoms with E-state index in [0.29, 0.717) is 0 Å². The number of hydrogen-bond donors (Lipinski definition) is 2. The second-order valence-electron chi connectivity index (χ2n) is 5.59. The molecule has 0 bridgehead atoms. The Hall–Kier alpha value is -0.860. The van der Waals surface area contributed by atoms with E-state index < -0.39 is 0 Å². The van der Waals surface area contributed by atoms with E-state index in [1.165, 1.54) is 49.7 Å². The van der Waals surface area contributed by atoms with E-state index in [2.05, 4.69) is 48.7 Å². The van der Waals surface area contributed by atoms with Gasteiger partial charge in [-0.3, -0.25) is 0 Å². The van der Waals surface area contributed by atoms with Crippen LogP contribution in [0.2, 0.25) is 0 Å². The lowest BCUT2D eigenvalue weighted by Gasteiger charge is -2.08. The van der Waals surface area contributed by atoms with Crippen molar-refractivity contribution in [3.05, 3.63) is 35.4 Å². The van der Waals surface area contributed by atoms with Gasteiger partial charge in [0.25, 0.3) is 0 Å². The number of unbranched alkanes of at least 4 members (excludes halogenated alkanes) is 4. The molecule has 0 amide bonds. The average molecular weight is 276 g/mol. The smallest absolute Gasteiger partial charge is 0.0205 e. The van der Waals surface area contributed by atoms with Gasteiger partial charge in [-0.15, -0.1) is 0 Å². The molecule has 0 aliphatic heterocycles. The third-order valence-electron chi connectivity index (χ3n) is 3.56. The first-order valence-corrected chi connectivity index (χ1v) is 8.36. The summed E-state index contributed by atoms with van der Waals surface area (Å²) < 4.78 is 0. The zero-order valence-electron chi connectivity index (χ0n) is 13.4. The monoisotopic (exact) mass is 276 g/mol. The third-order valence-corrected chi connectivity index (χ3v) is 3.56. The van der Waals surface area contributed by atoms with E-state index in [4.69, 9.17) is 0 Å². The van der Waals surface area contributed by atoms with Crippen molar-refractivity contribution < 1.29 is 0 Å². The molecule has 2 nitrogen and oxygen atoms in total. The molecule has 0 unspecified atom stereocenters. The minimum Gasteiger partial charge on any atom is -0.313 e. The van der Waals surface area contributed by atoms with Crippen LogP contribution in [0.25, 0.3) is 0 Å². The standard InChI is InChI=1S/C18H32N2/c1-3-5-7-12-19-15-17-10-9-11-18(14-17)16-20-13-8-6-4-2/h9-11,14,19-20H,3-8,12-13,15-16H2,1-2H3. The van der Waals surface area contributed by atoms with E-state index >= 15 is 0 Å². The fourth-order valence-electron chi connectivity index (χ4n) is 2.32. The quantitative estimate of drug-likeness (QED) is 0.558. The lowest BCUT2D eigenvalue weighted by molar-refractivity contribution is 0.611. The molecule has 2 heteroatoms. The Labute approximate surface area is 125 Å². The van der Waals surface area contributed by atoms with Crippen LogP contribution in [-0.4, -0.2) is 13.1 Å². The summed E-state index contributed by atoms with van der Waals surface area (Å²) in [6, 6.07) is 8.92. The molecule has 114 valence electrons. The van der Waals surface area contributed by atoms with Gasteiger partial charge in [0.1, 0.15) is 0 Å². The van der Waals surface area contributed by atoms with Gasteiger partial charge in [0.15, 0.2) is 0 Å². The Kier molecular flexibility index (Phi) is 10.3. The van der Waals surface area contributed by atoms with Gasteiger partial charge in [-0.05, 0) is 37.1 Å². The fraction of sp³-hybridized carbons (Fsp3) is 0.667. The molecular weight excluding hydrogens is 244 g/mol. The lowest BCUT2D eigenvalue weighted by atomic mass is 10.1. The summed E-state index contributed by atoms with van der Waals surface area (Å²) in [6.07, 6.45) is 7.82. The maximum absolute atomic E-state index is 3.53. The van der Waals surface area contributed by atoms with Gasteiger partial charge in [0.05, 0.1) is 0 Å². The molecule has 0 fully saturated rings. The summed E-state index contributed by atoms with van der Waals surface area (Å²) in [5.74, 6) is 0. The van der Waals surface area contributed by atoms with Crippen LogP contribution in [0, 0.1) is 0 Å². The van der Waals surface area contributed by atoms with Gasteiger partial charge in [-0.2, -0.15) is 0 Å². The molecule has 0 atom stereocenters. The molecule has 0 aliphatic rings. The highest BCUT2D eigenvalue weighted by molar-refractivity contribution is 5.23. The molecule has 0 radical (unpaired) electrons. The van der Waals surface area contributed by atoms with Gasteiger partial charge in [-0.1, -0.05) is 63.8 Å². The van der Waals surface area contributed by atoms with Crippen molar-refractivity contribution in [1.29, 1.82) is 0 Å². The molecule has 0 aliphatic carbocycles. The molecule has 1 aromatic carbocycles. The molecule has 0 spiro atoms. The predicted molar refractivity (Wildman–Crippen MR) is 88.9 cm³/mol. The molecule has 1 aromatic rings. The number of benzene rings is 1. The number of nitrogens with one attached hydrogen (secondary N) is 2. The highest BCUT2D eigenvalue weighted by Gasteiger charge is 1.96. The van der Waals surface area contributed by atoms with Gasteiger partial charge in [0, 0.05) is 13.1 Å². The van der Waals surface area contributed by atoms with Crippen LogP contribution in [0.4, 0.5) is 0 Å². The summed E-state index contributed by atoms with van der Waals surface area (Å²) in [4.78, 5) is 0. The van der Waals surface area contributed by atoms with Crippen LogP contribution in [0.15, 0.2) is 24.3 Å². The summed E-state index contributed by atoms with van der Waals surface area (Å²) in [7, 11) is 0. The molecular formula is C18H32N2. The molecule has 0 heterocycles. The highest BCUT2D eigenvalue weighted by atomic mass is 14.9. The van der Waals surface area contributed by atoms with E-state index in [-0.39, 0.29) is 0 Å². The summed E-state index contributed by atoms with van der Waals surface area (Å²) >= 11 is 0. The topological polar surface area (TPSA) is 24.1 Å². The molecule has 0 saturated carbocycles. The number of hydrogen-bond acceptors (Lipinski definition) is 2. The zero-order chi connectivity index (χ0) is 14.5. The Morgan fingerprint density at radius 1 is 0.750 bits per heavy atom. The van der Waals surface area contributed by atoms with Gasteiger partial charge >= 0.3 is 0 Å². The third kappa shape index (κ3) is 8.34. The van der Waals surface area contributed by atoms with Gasteiger partial charge in [0.2, 0.25) is 0 Å². The van der Waals surface area contributed by atoms with E-state index in [1.807, 2.05) is 0 Å². The summed E-state index contributed by atoms with van der Waals surface area (Å²) in [5.41, 5.74) is 2.80. The first-order chi connectivity index (χ1) is 9.86. The Morgan fingerprint density at radius 2 is 1.25 bits per heavy atom. The first-order valence-electron chi connectivity index (χ1n) is 8.36. The first kappa shape index (κ1) is 17.2. The van der Waals surface area contributed by atoms with E-state index in [1.54, 1.807) is 0 Å². The predicted octanol–water partition coefficient (Wildman–Crippen LogP) is 4.25. The highest BCUT2D eigenvalue weighted by Crippen LogP contribution is 2.05. The molecule has 2 N–H and O–H groups in total. The van der Waals surface area contributed by atoms with E-state index in [9.17, 15) is 0 Å². The summed E-state index contributed by atoms with van der Waals surface area (Å²) in [6.45, 7) is 8.75. The van der Waals surface area contributed by atoms with Crippen LogP contribution >= 0.6 is 0 Å². The van der Waals surface area contributed by atoms with Crippen molar-refractivity contribution in [2.24, 2.45) is 0 Å². The average Bonchev–Trinajstić information content (AvgIpc) is 2.47.